The van der Waals surface area contributed by atoms with Gasteiger partial charge in [-0.3, -0.25) is 0 Å². The second-order valence-electron chi connectivity index (χ2n) is 5.64. The van der Waals surface area contributed by atoms with Crippen molar-refractivity contribution in [3.63, 3.8) is 0 Å². The van der Waals surface area contributed by atoms with Gasteiger partial charge in [0.2, 0.25) is 0 Å². The van der Waals surface area contributed by atoms with Crippen LogP contribution in [0, 0.1) is 0 Å². The van der Waals surface area contributed by atoms with Crippen LogP contribution in [-0.4, -0.2) is 22.4 Å². The molecule has 2 aromatic carbocycles. The van der Waals surface area contributed by atoms with Crippen LogP contribution in [-0.2, 0) is 0 Å². The van der Waals surface area contributed by atoms with Gasteiger partial charge in [-0.05, 0) is 30.3 Å². The Labute approximate surface area is 125 Å². The summed E-state index contributed by atoms with van der Waals surface area (Å²) in [5.41, 5.74) is -0.111. The molecule has 5 nitrogen and oxygen atoms in total. The van der Waals surface area contributed by atoms with E-state index in [1.54, 1.807) is 24.3 Å². The monoisotopic (exact) mass is 298 g/mol. The maximum Gasteiger partial charge on any atom is 0.344 e. The van der Waals surface area contributed by atoms with E-state index < -0.39 is 5.63 Å². The van der Waals surface area contributed by atoms with Gasteiger partial charge in [-0.15, -0.1) is 0 Å². The van der Waals surface area contributed by atoms with Crippen molar-refractivity contribution in [3.05, 3.63) is 46.8 Å². The molecule has 0 spiro atoms. The number of aromatic hydroxyl groups is 1. The third-order valence-corrected chi connectivity index (χ3v) is 4.04. The molecule has 3 aromatic rings. The number of fused-ring (bicyclic) bond motifs is 3. The lowest BCUT2D eigenvalue weighted by molar-refractivity contribution is -0.0107. The first-order valence-electron chi connectivity index (χ1n) is 7.14. The molecule has 1 aromatic heterocycles. The SMILES string of the molecule is O=c1oc2cc(O)ccc2c2ccc(OC3CC(O)C3)cc12. The molecule has 0 atom stereocenters. The fourth-order valence-electron chi connectivity index (χ4n) is 2.80. The van der Waals surface area contributed by atoms with Gasteiger partial charge in [-0.1, -0.05) is 0 Å². The quantitative estimate of drug-likeness (QED) is 0.561. The average Bonchev–Trinajstić information content (AvgIpc) is 2.46. The first kappa shape index (κ1) is 13.2. The van der Waals surface area contributed by atoms with Crippen LogP contribution in [0.1, 0.15) is 12.8 Å². The zero-order valence-corrected chi connectivity index (χ0v) is 11.7. The Balaban J connectivity index is 1.82. The summed E-state index contributed by atoms with van der Waals surface area (Å²) in [5, 5.41) is 20.7. The Hall–Kier alpha value is -2.53. The van der Waals surface area contributed by atoms with Crippen molar-refractivity contribution < 1.29 is 19.4 Å². The number of aliphatic hydroxyl groups is 1. The van der Waals surface area contributed by atoms with Gasteiger partial charge in [0.15, 0.2) is 0 Å². The molecule has 0 amide bonds. The molecular weight excluding hydrogens is 284 g/mol. The van der Waals surface area contributed by atoms with E-state index in [0.29, 0.717) is 29.6 Å². The Morgan fingerprint density at radius 1 is 1.05 bits per heavy atom. The minimum atomic E-state index is -0.466. The van der Waals surface area contributed by atoms with E-state index in [-0.39, 0.29) is 18.0 Å². The molecule has 0 bridgehead atoms. The Kier molecular flexibility index (Phi) is 2.84. The number of rotatable bonds is 2. The van der Waals surface area contributed by atoms with Crippen molar-refractivity contribution in [1.29, 1.82) is 0 Å². The minimum Gasteiger partial charge on any atom is -0.508 e. The lowest BCUT2D eigenvalue weighted by Crippen LogP contribution is -2.37. The number of phenols is 1. The van der Waals surface area contributed by atoms with Gasteiger partial charge in [0, 0.05) is 29.7 Å². The van der Waals surface area contributed by atoms with E-state index >= 15 is 0 Å². The molecule has 22 heavy (non-hydrogen) atoms. The van der Waals surface area contributed by atoms with Crippen LogP contribution in [0.15, 0.2) is 45.6 Å². The first-order chi connectivity index (χ1) is 10.6. The third-order valence-electron chi connectivity index (χ3n) is 4.04. The molecule has 1 fully saturated rings. The standard InChI is InChI=1S/C17H14O5/c18-9-1-3-14-13-4-2-11(21-12-5-10(19)6-12)8-15(13)17(20)22-16(14)7-9/h1-4,7-8,10,12,18-19H,5-6H2. The predicted octanol–water partition coefficient (Wildman–Crippen LogP) is 2.55. The molecule has 0 aliphatic heterocycles. The third kappa shape index (κ3) is 2.10. The summed E-state index contributed by atoms with van der Waals surface area (Å²) in [7, 11) is 0. The molecule has 0 saturated heterocycles. The summed E-state index contributed by atoms with van der Waals surface area (Å²) >= 11 is 0. The predicted molar refractivity (Wildman–Crippen MR) is 81.3 cm³/mol. The lowest BCUT2D eigenvalue weighted by Gasteiger charge is -2.31. The van der Waals surface area contributed by atoms with Crippen LogP contribution < -0.4 is 10.4 Å². The van der Waals surface area contributed by atoms with Gasteiger partial charge in [0.1, 0.15) is 23.2 Å². The van der Waals surface area contributed by atoms with Gasteiger partial charge >= 0.3 is 5.63 Å². The molecule has 0 unspecified atom stereocenters. The van der Waals surface area contributed by atoms with Crippen molar-refractivity contribution in [2.45, 2.75) is 25.0 Å². The normalized spacial score (nSPS) is 21.0. The number of phenolic OH excluding ortho intramolecular Hbond substituents is 1. The number of benzene rings is 2. The van der Waals surface area contributed by atoms with Crippen LogP contribution in [0.25, 0.3) is 21.7 Å². The fraction of sp³-hybridized carbons (Fsp3) is 0.235. The Morgan fingerprint density at radius 2 is 1.82 bits per heavy atom. The molecular formula is C17H14O5. The van der Waals surface area contributed by atoms with E-state index in [9.17, 15) is 15.0 Å². The van der Waals surface area contributed by atoms with Crippen LogP contribution in [0.2, 0.25) is 0 Å². The largest absolute Gasteiger partial charge is 0.508 e. The molecule has 112 valence electrons. The average molecular weight is 298 g/mol. The van der Waals surface area contributed by atoms with Crippen LogP contribution in [0.5, 0.6) is 11.5 Å². The minimum absolute atomic E-state index is 0.00288. The number of ether oxygens (including phenoxy) is 1. The zero-order chi connectivity index (χ0) is 15.3. The highest BCUT2D eigenvalue weighted by atomic mass is 16.5. The second-order valence-corrected chi connectivity index (χ2v) is 5.64. The summed E-state index contributed by atoms with van der Waals surface area (Å²) in [5.74, 6) is 0.647. The van der Waals surface area contributed by atoms with Gasteiger partial charge in [0.25, 0.3) is 0 Å². The highest BCUT2D eigenvalue weighted by Gasteiger charge is 2.29. The topological polar surface area (TPSA) is 79.9 Å². The summed E-state index contributed by atoms with van der Waals surface area (Å²) < 4.78 is 11.0. The smallest absolute Gasteiger partial charge is 0.344 e. The number of hydrogen-bond acceptors (Lipinski definition) is 5. The molecule has 5 heteroatoms. The van der Waals surface area contributed by atoms with Gasteiger partial charge in [-0.2, -0.15) is 0 Å². The number of aliphatic hydroxyl groups excluding tert-OH is 1. The molecule has 1 heterocycles. The molecule has 1 aliphatic rings. The molecule has 0 radical (unpaired) electrons. The highest BCUT2D eigenvalue weighted by Crippen LogP contribution is 2.30. The van der Waals surface area contributed by atoms with E-state index in [2.05, 4.69) is 0 Å². The van der Waals surface area contributed by atoms with Crippen LogP contribution in [0.4, 0.5) is 0 Å². The molecule has 2 N–H and O–H groups in total. The van der Waals surface area contributed by atoms with E-state index in [1.807, 2.05) is 6.07 Å². The van der Waals surface area contributed by atoms with Crippen molar-refractivity contribution in [2.75, 3.05) is 0 Å². The maximum absolute atomic E-state index is 12.1. The van der Waals surface area contributed by atoms with Crippen molar-refractivity contribution in [1.82, 2.24) is 0 Å². The fourth-order valence-corrected chi connectivity index (χ4v) is 2.80. The highest BCUT2D eigenvalue weighted by molar-refractivity contribution is 6.04. The summed E-state index contributed by atoms with van der Waals surface area (Å²) in [4.78, 5) is 12.1. The van der Waals surface area contributed by atoms with Crippen molar-refractivity contribution >= 4 is 21.7 Å². The van der Waals surface area contributed by atoms with Crippen molar-refractivity contribution in [3.8, 4) is 11.5 Å². The molecule has 1 aliphatic carbocycles. The number of hydrogen-bond donors (Lipinski definition) is 2. The second kappa shape index (κ2) is 4.74. The zero-order valence-electron chi connectivity index (χ0n) is 11.7. The van der Waals surface area contributed by atoms with Crippen molar-refractivity contribution in [2.24, 2.45) is 0 Å². The summed E-state index contributed by atoms with van der Waals surface area (Å²) in [6, 6.07) is 9.99. The van der Waals surface area contributed by atoms with Gasteiger partial charge < -0.3 is 19.4 Å². The molecule has 4 rings (SSSR count). The van der Waals surface area contributed by atoms with E-state index in [0.717, 1.165) is 10.8 Å². The van der Waals surface area contributed by atoms with Gasteiger partial charge in [-0.25, -0.2) is 4.79 Å². The Morgan fingerprint density at radius 3 is 2.59 bits per heavy atom. The maximum atomic E-state index is 12.1. The van der Waals surface area contributed by atoms with Gasteiger partial charge in [0.05, 0.1) is 11.5 Å². The lowest BCUT2D eigenvalue weighted by atomic mass is 9.92. The molecule has 1 saturated carbocycles. The summed E-state index contributed by atoms with van der Waals surface area (Å²) in [6.45, 7) is 0. The van der Waals surface area contributed by atoms with Crippen LogP contribution in [0.3, 0.4) is 0 Å². The van der Waals surface area contributed by atoms with Crippen LogP contribution >= 0.6 is 0 Å². The summed E-state index contributed by atoms with van der Waals surface area (Å²) in [6.07, 6.45) is 0.942. The Bertz CT molecular complexity index is 921. The first-order valence-corrected chi connectivity index (χ1v) is 7.14. The van der Waals surface area contributed by atoms with E-state index in [4.69, 9.17) is 9.15 Å². The van der Waals surface area contributed by atoms with E-state index in [1.165, 1.54) is 6.07 Å².